The van der Waals surface area contributed by atoms with E-state index in [0.717, 1.165) is 11.3 Å². The van der Waals surface area contributed by atoms with Gasteiger partial charge in [0, 0.05) is 35.3 Å². The van der Waals surface area contributed by atoms with Gasteiger partial charge in [0.25, 0.3) is 0 Å². The van der Waals surface area contributed by atoms with E-state index in [-0.39, 0.29) is 30.4 Å². The van der Waals surface area contributed by atoms with E-state index in [4.69, 9.17) is 34.8 Å². The average Bonchev–Trinajstić information content (AvgIpc) is 2.79. The minimum atomic E-state index is -4.43. The van der Waals surface area contributed by atoms with Crippen LogP contribution in [-0.2, 0) is 4.79 Å². The average molecular weight is 530 g/mol. The van der Waals surface area contributed by atoms with Gasteiger partial charge in [0.1, 0.15) is 0 Å². The highest BCUT2D eigenvalue weighted by Gasteiger charge is 2.37. The third kappa shape index (κ3) is 5.56. The molecule has 1 heterocycles. The summed E-state index contributed by atoms with van der Waals surface area (Å²) in [4.78, 5) is 16.8. The van der Waals surface area contributed by atoms with Crippen LogP contribution in [0.3, 0.4) is 0 Å². The molecule has 1 aliphatic carbocycles. The molecule has 0 saturated carbocycles. The number of allylic oxidation sites excluding steroid dienone is 3. The molecule has 0 aromatic heterocycles. The lowest BCUT2D eigenvalue weighted by atomic mass is 9.94. The number of rotatable bonds is 4. The van der Waals surface area contributed by atoms with Gasteiger partial charge in [-0.3, -0.25) is 4.79 Å². The van der Waals surface area contributed by atoms with Gasteiger partial charge in [0.05, 0.1) is 23.2 Å². The van der Waals surface area contributed by atoms with Crippen LogP contribution >= 0.6 is 34.8 Å². The molecule has 2 aliphatic rings. The number of halogens is 6. The second-order valence-electron chi connectivity index (χ2n) is 8.32. The molecule has 0 bridgehead atoms. The number of piperazine rings is 1. The largest absolute Gasteiger partial charge is 0.412 e. The topological polar surface area (TPSA) is 23.6 Å². The summed E-state index contributed by atoms with van der Waals surface area (Å²) in [5.74, 6) is -0.330. The summed E-state index contributed by atoms with van der Waals surface area (Å²) in [6.07, 6.45) is -1.36. The molecule has 1 amide bonds. The quantitative estimate of drug-likeness (QED) is 0.406. The van der Waals surface area contributed by atoms with Gasteiger partial charge in [0.2, 0.25) is 5.91 Å². The Labute approximate surface area is 211 Å². The Morgan fingerprint density at radius 1 is 1.00 bits per heavy atom. The van der Waals surface area contributed by atoms with Crippen LogP contribution in [0.4, 0.5) is 18.9 Å². The molecule has 4 rings (SSSR count). The van der Waals surface area contributed by atoms with Crippen LogP contribution in [0.25, 0.3) is 0 Å². The fourth-order valence-corrected chi connectivity index (χ4v) is 5.10. The van der Waals surface area contributed by atoms with Gasteiger partial charge >= 0.3 is 6.18 Å². The number of hydrogen-bond donors (Lipinski definition) is 0. The first kappa shape index (κ1) is 25.0. The molecule has 9 heteroatoms. The van der Waals surface area contributed by atoms with Crippen LogP contribution in [-0.4, -0.2) is 36.6 Å². The Morgan fingerprint density at radius 3 is 2.38 bits per heavy atom. The van der Waals surface area contributed by atoms with Crippen molar-refractivity contribution < 1.29 is 18.0 Å². The van der Waals surface area contributed by atoms with Crippen molar-refractivity contribution in [1.29, 1.82) is 0 Å². The number of hydrogen-bond acceptors (Lipinski definition) is 2. The van der Waals surface area contributed by atoms with E-state index < -0.39 is 11.7 Å². The molecule has 34 heavy (non-hydrogen) atoms. The molecule has 2 aromatic carbocycles. The lowest BCUT2D eigenvalue weighted by Gasteiger charge is -2.43. The Morgan fingerprint density at radius 2 is 1.71 bits per heavy atom. The fraction of sp³-hybridized carbons (Fsp3) is 0.320. The van der Waals surface area contributed by atoms with E-state index in [1.807, 2.05) is 18.2 Å². The molecular formula is C25H22Cl3F3N2O. The second-order valence-corrected chi connectivity index (χ2v) is 9.60. The predicted octanol–water partition coefficient (Wildman–Crippen LogP) is 7.64. The second kappa shape index (κ2) is 10.2. The first-order valence-electron chi connectivity index (χ1n) is 10.8. The Balaban J connectivity index is 1.61. The lowest BCUT2D eigenvalue weighted by Crippen LogP contribution is -2.50. The van der Waals surface area contributed by atoms with Gasteiger partial charge in [-0.2, -0.15) is 13.2 Å². The summed E-state index contributed by atoms with van der Waals surface area (Å²) in [7, 11) is 0. The first-order chi connectivity index (χ1) is 16.1. The van der Waals surface area contributed by atoms with Crippen LogP contribution < -0.4 is 4.90 Å². The summed E-state index contributed by atoms with van der Waals surface area (Å²) >= 11 is 18.6. The molecule has 1 fully saturated rings. The number of carbonyl (C=O) groups is 1. The standard InChI is InChI=1S/C25H22Cl3F3N2O/c26-18-7-5-16(6-8-18)23-15-32(11-12-33(23)22-10-9-19(27)14-21(22)28)24(34)13-17-3-1-2-4-20(17)25(29,30)31/h1,3,5-10,14,23H,2,4,11-13,15H2. The smallest absolute Gasteiger partial charge is 0.360 e. The van der Waals surface area contributed by atoms with Crippen LogP contribution in [0.2, 0.25) is 15.1 Å². The maximum atomic E-state index is 13.4. The van der Waals surface area contributed by atoms with Crippen LogP contribution in [0.5, 0.6) is 0 Å². The van der Waals surface area contributed by atoms with Crippen molar-refractivity contribution in [2.75, 3.05) is 24.5 Å². The molecule has 3 nitrogen and oxygen atoms in total. The van der Waals surface area contributed by atoms with E-state index in [2.05, 4.69) is 4.90 Å². The number of nitrogens with zero attached hydrogens (tertiary/aromatic N) is 2. The van der Waals surface area contributed by atoms with Gasteiger partial charge in [-0.25, -0.2) is 0 Å². The summed E-state index contributed by atoms with van der Waals surface area (Å²) in [6.45, 7) is 1.12. The zero-order chi connectivity index (χ0) is 24.5. The van der Waals surface area contributed by atoms with Gasteiger partial charge in [-0.05, 0) is 54.3 Å². The molecule has 1 unspecified atom stereocenters. The number of amides is 1. The van der Waals surface area contributed by atoms with Crippen LogP contribution in [0.15, 0.2) is 65.8 Å². The summed E-state index contributed by atoms with van der Waals surface area (Å²) in [5, 5.41) is 1.58. The molecule has 1 atom stereocenters. The van der Waals surface area contributed by atoms with Gasteiger partial charge in [-0.15, -0.1) is 0 Å². The molecule has 0 spiro atoms. The van der Waals surface area contributed by atoms with Gasteiger partial charge < -0.3 is 9.80 Å². The normalized spacial score (nSPS) is 19.1. The van der Waals surface area contributed by atoms with Gasteiger partial charge in [-0.1, -0.05) is 59.1 Å². The van der Waals surface area contributed by atoms with E-state index >= 15 is 0 Å². The minimum Gasteiger partial charge on any atom is -0.360 e. The third-order valence-electron chi connectivity index (χ3n) is 6.16. The highest BCUT2D eigenvalue weighted by atomic mass is 35.5. The van der Waals surface area contributed by atoms with Crippen molar-refractivity contribution in [2.24, 2.45) is 0 Å². The lowest BCUT2D eigenvalue weighted by molar-refractivity contribution is -0.131. The minimum absolute atomic E-state index is 0.0509. The highest BCUT2D eigenvalue weighted by Crippen LogP contribution is 2.38. The molecule has 1 saturated heterocycles. The Kier molecular flexibility index (Phi) is 7.51. The molecule has 180 valence electrons. The van der Waals surface area contributed by atoms with Crippen molar-refractivity contribution in [2.45, 2.75) is 31.5 Å². The van der Waals surface area contributed by atoms with Crippen LogP contribution in [0, 0.1) is 0 Å². The highest BCUT2D eigenvalue weighted by molar-refractivity contribution is 6.36. The fourth-order valence-electron chi connectivity index (χ4n) is 4.46. The molecule has 0 N–H and O–H groups in total. The third-order valence-corrected chi connectivity index (χ3v) is 6.95. The van der Waals surface area contributed by atoms with E-state index in [9.17, 15) is 18.0 Å². The number of benzene rings is 2. The zero-order valence-electron chi connectivity index (χ0n) is 18.1. The SMILES string of the molecule is O=C(CC1=C(C(F)(F)F)CCC=C1)N1CCN(c2ccc(Cl)cc2Cl)C(c2ccc(Cl)cc2)C1. The monoisotopic (exact) mass is 528 g/mol. The maximum Gasteiger partial charge on any atom is 0.412 e. The Hall–Kier alpha value is -2.15. The Bertz CT molecular complexity index is 1130. The van der Waals surface area contributed by atoms with E-state index in [1.165, 1.54) is 6.08 Å². The summed E-state index contributed by atoms with van der Waals surface area (Å²) in [5.41, 5.74) is 1.13. The molecular weight excluding hydrogens is 508 g/mol. The van der Waals surface area contributed by atoms with Crippen molar-refractivity contribution >= 4 is 46.4 Å². The summed E-state index contributed by atoms with van der Waals surface area (Å²) < 4.78 is 40.3. The number of alkyl halides is 3. The summed E-state index contributed by atoms with van der Waals surface area (Å²) in [6, 6.07) is 12.3. The van der Waals surface area contributed by atoms with Crippen molar-refractivity contribution in [1.82, 2.24) is 4.90 Å². The van der Waals surface area contributed by atoms with E-state index in [1.54, 1.807) is 35.2 Å². The van der Waals surface area contributed by atoms with Crippen molar-refractivity contribution in [3.63, 3.8) is 0 Å². The first-order valence-corrected chi connectivity index (χ1v) is 12.0. The van der Waals surface area contributed by atoms with Gasteiger partial charge in [0.15, 0.2) is 0 Å². The maximum absolute atomic E-state index is 13.4. The molecule has 1 aliphatic heterocycles. The molecule has 0 radical (unpaired) electrons. The van der Waals surface area contributed by atoms with E-state index in [0.29, 0.717) is 41.1 Å². The van der Waals surface area contributed by atoms with Crippen molar-refractivity contribution in [3.05, 3.63) is 86.4 Å². The van der Waals surface area contributed by atoms with Crippen LogP contribution in [0.1, 0.15) is 30.9 Å². The zero-order valence-corrected chi connectivity index (χ0v) is 20.4. The predicted molar refractivity (Wildman–Crippen MR) is 131 cm³/mol. The number of carbonyl (C=O) groups excluding carboxylic acids is 1. The molecule has 2 aromatic rings. The van der Waals surface area contributed by atoms with Crippen molar-refractivity contribution in [3.8, 4) is 0 Å². The number of anilines is 1.